The molecule has 0 aromatic heterocycles. The van der Waals surface area contributed by atoms with E-state index in [-0.39, 0.29) is 29.5 Å². The summed E-state index contributed by atoms with van der Waals surface area (Å²) in [5.41, 5.74) is 4.35. The molecule has 146 valence electrons. The van der Waals surface area contributed by atoms with E-state index in [0.29, 0.717) is 0 Å². The molecule has 0 aliphatic heterocycles. The zero-order valence-electron chi connectivity index (χ0n) is 15.4. The Labute approximate surface area is 166 Å². The quantitative estimate of drug-likeness (QED) is 0.495. The molecule has 0 unspecified atom stereocenters. The van der Waals surface area contributed by atoms with Crippen molar-refractivity contribution in [3.63, 3.8) is 0 Å². The molecule has 4 rings (SSSR count). The van der Waals surface area contributed by atoms with Gasteiger partial charge >= 0.3 is 6.09 Å². The van der Waals surface area contributed by atoms with Gasteiger partial charge in [-0.25, -0.2) is 4.79 Å². The third-order valence-corrected chi connectivity index (χ3v) is 5.09. The number of amides is 1. The minimum absolute atomic E-state index is 0.0333. The number of fused-ring (bicyclic) bond motifs is 3. The monoisotopic (exact) mass is 390 g/mol. The van der Waals surface area contributed by atoms with Gasteiger partial charge in [-0.05, 0) is 28.3 Å². The van der Waals surface area contributed by atoms with E-state index in [1.807, 2.05) is 48.5 Å². The third-order valence-electron chi connectivity index (χ3n) is 5.09. The van der Waals surface area contributed by atoms with Gasteiger partial charge in [-0.2, -0.15) is 0 Å². The second-order valence-corrected chi connectivity index (χ2v) is 6.67. The van der Waals surface area contributed by atoms with Crippen molar-refractivity contribution < 1.29 is 19.6 Å². The molecule has 3 aromatic rings. The summed E-state index contributed by atoms with van der Waals surface area (Å²) in [7, 11) is 0. The number of ether oxygens (including phenoxy) is 1. The van der Waals surface area contributed by atoms with Crippen molar-refractivity contribution in [1.82, 2.24) is 0 Å². The van der Waals surface area contributed by atoms with Crippen LogP contribution in [0.2, 0.25) is 0 Å². The first-order valence-corrected chi connectivity index (χ1v) is 9.09. The first-order chi connectivity index (χ1) is 14.1. The summed E-state index contributed by atoms with van der Waals surface area (Å²) in [5.74, 6) is -0.0874. The fourth-order valence-corrected chi connectivity index (χ4v) is 3.77. The molecule has 0 spiro atoms. The van der Waals surface area contributed by atoms with E-state index in [0.717, 1.165) is 22.3 Å². The molecule has 1 aliphatic carbocycles. The Bertz CT molecular complexity index is 1050. The second kappa shape index (κ2) is 7.73. The zero-order valence-corrected chi connectivity index (χ0v) is 15.4. The number of anilines is 1. The van der Waals surface area contributed by atoms with Gasteiger partial charge in [0.2, 0.25) is 0 Å². The molecular weight excluding hydrogens is 372 g/mol. The Balaban J connectivity index is 1.52. The van der Waals surface area contributed by atoms with Gasteiger partial charge in [0.05, 0.1) is 22.8 Å². The summed E-state index contributed by atoms with van der Waals surface area (Å²) >= 11 is 0. The lowest BCUT2D eigenvalue weighted by atomic mass is 9.98. The Morgan fingerprint density at radius 2 is 1.62 bits per heavy atom. The van der Waals surface area contributed by atoms with Crippen LogP contribution in [0.15, 0.2) is 66.7 Å². The number of nitro benzene ring substituents is 1. The highest BCUT2D eigenvalue weighted by Gasteiger charge is 2.29. The fraction of sp³-hybridized carbons (Fsp3) is 0.136. The molecule has 0 heterocycles. The van der Waals surface area contributed by atoms with Gasteiger partial charge in [0.25, 0.3) is 5.69 Å². The summed E-state index contributed by atoms with van der Waals surface area (Å²) in [6.07, 6.45) is -0.734. The van der Waals surface area contributed by atoms with Crippen molar-refractivity contribution in [2.75, 3.05) is 11.9 Å². The molecule has 0 radical (unpaired) electrons. The van der Waals surface area contributed by atoms with Crippen LogP contribution in [0.1, 0.15) is 22.6 Å². The number of carbonyl (C=O) groups excluding carboxylic acids is 1. The number of nitrogens with one attached hydrogen (secondary N) is 1. The molecule has 7 nitrogen and oxygen atoms in total. The first kappa shape index (κ1) is 18.6. The molecule has 0 saturated carbocycles. The van der Waals surface area contributed by atoms with E-state index < -0.39 is 17.6 Å². The number of aliphatic hydroxyl groups is 1. The summed E-state index contributed by atoms with van der Waals surface area (Å²) in [6.45, 7) is -0.445. The SMILES string of the molecule is O=C(Nc1cccc([N+](=O)[O-])c1CO)OCC1c2ccccc2-c2ccccc21. The standard InChI is InChI=1S/C22H18N2O5/c25-12-18-20(10-5-11-21(18)24(27)28)23-22(26)29-13-19-16-8-3-1-6-14(16)15-7-2-4-9-17(15)19/h1-11,19,25H,12-13H2,(H,23,26). The van der Waals surface area contributed by atoms with E-state index in [2.05, 4.69) is 5.32 Å². The number of rotatable bonds is 5. The van der Waals surface area contributed by atoms with E-state index in [9.17, 15) is 20.0 Å². The summed E-state index contributed by atoms with van der Waals surface area (Å²) in [4.78, 5) is 22.9. The van der Waals surface area contributed by atoms with Gasteiger partial charge in [0.1, 0.15) is 6.61 Å². The van der Waals surface area contributed by atoms with Crippen LogP contribution in [-0.4, -0.2) is 22.7 Å². The predicted octanol–water partition coefficient (Wildman–Crippen LogP) is 4.45. The van der Waals surface area contributed by atoms with Crippen LogP contribution in [-0.2, 0) is 11.3 Å². The van der Waals surface area contributed by atoms with Crippen LogP contribution in [0, 0.1) is 10.1 Å². The average Bonchev–Trinajstić information content (AvgIpc) is 3.06. The van der Waals surface area contributed by atoms with Gasteiger partial charge in [0, 0.05) is 12.0 Å². The Morgan fingerprint density at radius 3 is 2.21 bits per heavy atom. The second-order valence-electron chi connectivity index (χ2n) is 6.67. The van der Waals surface area contributed by atoms with E-state index in [4.69, 9.17) is 4.74 Å². The molecule has 29 heavy (non-hydrogen) atoms. The minimum Gasteiger partial charge on any atom is -0.448 e. The maximum absolute atomic E-state index is 12.4. The van der Waals surface area contributed by atoms with Crippen LogP contribution < -0.4 is 5.32 Å². The van der Waals surface area contributed by atoms with E-state index in [1.165, 1.54) is 18.2 Å². The highest BCUT2D eigenvalue weighted by molar-refractivity contribution is 5.87. The lowest BCUT2D eigenvalue weighted by Crippen LogP contribution is -2.19. The van der Waals surface area contributed by atoms with Gasteiger partial charge in [-0.1, -0.05) is 54.6 Å². The minimum atomic E-state index is -0.734. The maximum atomic E-state index is 12.4. The maximum Gasteiger partial charge on any atom is 0.411 e. The smallest absolute Gasteiger partial charge is 0.411 e. The molecule has 0 bridgehead atoms. The Kier molecular flexibility index (Phi) is 4.97. The van der Waals surface area contributed by atoms with Crippen molar-refractivity contribution in [2.24, 2.45) is 0 Å². The number of nitro groups is 1. The number of hydrogen-bond donors (Lipinski definition) is 2. The number of carbonyl (C=O) groups is 1. The predicted molar refractivity (Wildman–Crippen MR) is 108 cm³/mol. The van der Waals surface area contributed by atoms with Gasteiger partial charge < -0.3 is 9.84 Å². The van der Waals surface area contributed by atoms with Crippen LogP contribution in [0.25, 0.3) is 11.1 Å². The summed E-state index contributed by atoms with van der Waals surface area (Å²) in [5, 5.41) is 23.1. The van der Waals surface area contributed by atoms with E-state index >= 15 is 0 Å². The molecular formula is C22H18N2O5. The van der Waals surface area contributed by atoms with Crippen LogP contribution >= 0.6 is 0 Å². The van der Waals surface area contributed by atoms with E-state index in [1.54, 1.807) is 0 Å². The number of aliphatic hydroxyl groups excluding tert-OH is 1. The van der Waals surface area contributed by atoms with Gasteiger partial charge in [-0.3, -0.25) is 15.4 Å². The molecule has 7 heteroatoms. The normalized spacial score (nSPS) is 12.2. The lowest BCUT2D eigenvalue weighted by Gasteiger charge is -2.15. The number of hydrogen-bond acceptors (Lipinski definition) is 5. The molecule has 2 N–H and O–H groups in total. The topological polar surface area (TPSA) is 102 Å². The average molecular weight is 390 g/mol. The van der Waals surface area contributed by atoms with Crippen molar-refractivity contribution in [3.8, 4) is 11.1 Å². The van der Waals surface area contributed by atoms with Crippen LogP contribution in [0.4, 0.5) is 16.2 Å². The van der Waals surface area contributed by atoms with Crippen molar-refractivity contribution in [2.45, 2.75) is 12.5 Å². The Morgan fingerprint density at radius 1 is 1.00 bits per heavy atom. The Hall–Kier alpha value is -3.71. The zero-order chi connectivity index (χ0) is 20.4. The third kappa shape index (κ3) is 3.43. The molecule has 0 atom stereocenters. The first-order valence-electron chi connectivity index (χ1n) is 9.09. The highest BCUT2D eigenvalue weighted by Crippen LogP contribution is 2.44. The molecule has 3 aromatic carbocycles. The van der Waals surface area contributed by atoms with Crippen molar-refractivity contribution in [1.29, 1.82) is 0 Å². The van der Waals surface area contributed by atoms with Gasteiger partial charge in [-0.15, -0.1) is 0 Å². The van der Waals surface area contributed by atoms with Crippen LogP contribution in [0.5, 0.6) is 0 Å². The number of benzene rings is 3. The highest BCUT2D eigenvalue weighted by atomic mass is 16.6. The molecule has 1 amide bonds. The van der Waals surface area contributed by atoms with Crippen molar-refractivity contribution in [3.05, 3.63) is 93.5 Å². The van der Waals surface area contributed by atoms with Crippen LogP contribution in [0.3, 0.4) is 0 Å². The fourth-order valence-electron chi connectivity index (χ4n) is 3.77. The number of nitrogens with zero attached hydrogens (tertiary/aromatic N) is 1. The van der Waals surface area contributed by atoms with Gasteiger partial charge in [0.15, 0.2) is 0 Å². The lowest BCUT2D eigenvalue weighted by molar-refractivity contribution is -0.385. The summed E-state index contributed by atoms with van der Waals surface area (Å²) < 4.78 is 5.44. The largest absolute Gasteiger partial charge is 0.448 e. The molecule has 1 aliphatic rings. The summed E-state index contributed by atoms with van der Waals surface area (Å²) in [6, 6.07) is 20.2. The van der Waals surface area contributed by atoms with Crippen molar-refractivity contribution >= 4 is 17.5 Å². The molecule has 0 fully saturated rings. The molecule has 0 saturated heterocycles.